The minimum atomic E-state index is -0.207. The van der Waals surface area contributed by atoms with E-state index >= 15 is 0 Å². The van der Waals surface area contributed by atoms with Gasteiger partial charge in [-0.3, -0.25) is 9.59 Å². The Balaban J connectivity index is 1.87. The molecule has 0 saturated heterocycles. The van der Waals surface area contributed by atoms with Crippen LogP contribution in [0.25, 0.3) is 0 Å². The Kier molecular flexibility index (Phi) is 5.73. The molecule has 116 valence electrons. The van der Waals surface area contributed by atoms with Crippen molar-refractivity contribution in [2.24, 2.45) is 0 Å². The molecule has 0 radical (unpaired) electrons. The van der Waals surface area contributed by atoms with E-state index in [0.29, 0.717) is 20.9 Å². The van der Waals surface area contributed by atoms with Crippen LogP contribution in [0.4, 0.5) is 10.8 Å². The Morgan fingerprint density at radius 3 is 2.77 bits per heavy atom. The Bertz CT molecular complexity index is 675. The third kappa shape index (κ3) is 4.71. The normalized spacial score (nSPS) is 10.1. The molecule has 0 unspecified atom stereocenters. The number of nitrogens with zero attached hydrogens (tertiary/aromatic N) is 2. The highest BCUT2D eigenvalue weighted by Gasteiger charge is 2.10. The van der Waals surface area contributed by atoms with Gasteiger partial charge in [0.15, 0.2) is 4.34 Å². The fourth-order valence-electron chi connectivity index (χ4n) is 1.53. The summed E-state index contributed by atoms with van der Waals surface area (Å²) in [7, 11) is 1.55. The lowest BCUT2D eigenvalue weighted by atomic mass is 10.3. The van der Waals surface area contributed by atoms with Crippen LogP contribution < -0.4 is 15.4 Å². The average molecular weight is 338 g/mol. The third-order valence-electron chi connectivity index (χ3n) is 2.40. The van der Waals surface area contributed by atoms with Gasteiger partial charge in [-0.2, -0.15) is 0 Å². The first kappa shape index (κ1) is 16.2. The fraction of sp³-hybridized carbons (Fsp3) is 0.231. The first-order chi connectivity index (χ1) is 10.6. The third-order valence-corrected chi connectivity index (χ3v) is 4.37. The molecule has 22 heavy (non-hydrogen) atoms. The molecule has 0 spiro atoms. The number of aromatic nitrogens is 2. The maximum atomic E-state index is 11.9. The monoisotopic (exact) mass is 338 g/mol. The molecular formula is C13H14N4O3S2. The summed E-state index contributed by atoms with van der Waals surface area (Å²) in [4.78, 5) is 22.8. The van der Waals surface area contributed by atoms with E-state index in [4.69, 9.17) is 4.74 Å². The maximum absolute atomic E-state index is 11.9. The highest BCUT2D eigenvalue weighted by atomic mass is 32.2. The number of carbonyl (C=O) groups excluding carboxylic acids is 2. The SMILES string of the molecule is COc1ccccc1NC(=O)CSc1nnc(NC(C)=O)s1. The molecule has 9 heteroatoms. The van der Waals surface area contributed by atoms with Gasteiger partial charge in [-0.15, -0.1) is 10.2 Å². The molecule has 0 aliphatic heterocycles. The van der Waals surface area contributed by atoms with Gasteiger partial charge >= 0.3 is 0 Å². The average Bonchev–Trinajstić information content (AvgIpc) is 2.92. The number of ether oxygens (including phenoxy) is 1. The van der Waals surface area contributed by atoms with Crippen molar-refractivity contribution in [3.63, 3.8) is 0 Å². The summed E-state index contributed by atoms with van der Waals surface area (Å²) < 4.78 is 5.78. The van der Waals surface area contributed by atoms with Crippen LogP contribution in [-0.2, 0) is 9.59 Å². The summed E-state index contributed by atoms with van der Waals surface area (Å²) in [6, 6.07) is 7.18. The van der Waals surface area contributed by atoms with Crippen LogP contribution >= 0.6 is 23.1 Å². The van der Waals surface area contributed by atoms with Gasteiger partial charge in [-0.05, 0) is 12.1 Å². The quantitative estimate of drug-likeness (QED) is 0.620. The Labute approximate surface area is 135 Å². The van der Waals surface area contributed by atoms with Gasteiger partial charge in [-0.1, -0.05) is 35.2 Å². The van der Waals surface area contributed by atoms with E-state index in [0.717, 1.165) is 0 Å². The second-order valence-corrected chi connectivity index (χ2v) is 6.29. The number of para-hydroxylation sites is 2. The molecule has 2 rings (SSSR count). The molecule has 0 saturated carbocycles. The van der Waals surface area contributed by atoms with Crippen LogP contribution in [0.15, 0.2) is 28.6 Å². The van der Waals surface area contributed by atoms with Crippen LogP contribution in [0.2, 0.25) is 0 Å². The van der Waals surface area contributed by atoms with E-state index in [9.17, 15) is 9.59 Å². The van der Waals surface area contributed by atoms with E-state index in [1.54, 1.807) is 19.2 Å². The van der Waals surface area contributed by atoms with Crippen molar-refractivity contribution in [2.45, 2.75) is 11.3 Å². The molecule has 1 aromatic heterocycles. The summed E-state index contributed by atoms with van der Waals surface area (Å²) >= 11 is 2.47. The minimum absolute atomic E-state index is 0.175. The smallest absolute Gasteiger partial charge is 0.234 e. The highest BCUT2D eigenvalue weighted by Crippen LogP contribution is 2.27. The van der Waals surface area contributed by atoms with Crippen LogP contribution in [0.1, 0.15) is 6.92 Å². The van der Waals surface area contributed by atoms with Gasteiger partial charge in [0.1, 0.15) is 5.75 Å². The molecule has 0 atom stereocenters. The van der Waals surface area contributed by atoms with Gasteiger partial charge in [0.25, 0.3) is 0 Å². The molecule has 2 aromatic rings. The van der Waals surface area contributed by atoms with E-state index < -0.39 is 0 Å². The number of anilines is 2. The van der Waals surface area contributed by atoms with Crippen molar-refractivity contribution in [2.75, 3.05) is 23.5 Å². The van der Waals surface area contributed by atoms with E-state index in [1.165, 1.54) is 30.0 Å². The van der Waals surface area contributed by atoms with Gasteiger partial charge in [0, 0.05) is 6.92 Å². The van der Waals surface area contributed by atoms with Crippen molar-refractivity contribution < 1.29 is 14.3 Å². The molecule has 1 aromatic carbocycles. The van der Waals surface area contributed by atoms with Gasteiger partial charge in [0.2, 0.25) is 16.9 Å². The second-order valence-electron chi connectivity index (χ2n) is 4.09. The van der Waals surface area contributed by atoms with Crippen molar-refractivity contribution in [1.29, 1.82) is 0 Å². The predicted molar refractivity (Wildman–Crippen MR) is 86.6 cm³/mol. The lowest BCUT2D eigenvalue weighted by molar-refractivity contribution is -0.114. The number of benzene rings is 1. The van der Waals surface area contributed by atoms with Crippen molar-refractivity contribution in [3.8, 4) is 5.75 Å². The Hall–Kier alpha value is -2.13. The first-order valence-corrected chi connectivity index (χ1v) is 8.05. The van der Waals surface area contributed by atoms with E-state index in [1.807, 2.05) is 12.1 Å². The fourth-order valence-corrected chi connectivity index (χ4v) is 3.13. The standard InChI is InChI=1S/C13H14N4O3S2/c1-8(18)14-12-16-17-13(22-12)21-7-11(19)15-9-5-3-4-6-10(9)20-2/h3-6H,7H2,1-2H3,(H,15,19)(H,14,16,18). The van der Waals surface area contributed by atoms with Crippen LogP contribution in [0, 0.1) is 0 Å². The van der Waals surface area contributed by atoms with Gasteiger partial charge < -0.3 is 15.4 Å². The van der Waals surface area contributed by atoms with Gasteiger partial charge in [-0.25, -0.2) is 0 Å². The zero-order valence-corrected chi connectivity index (χ0v) is 13.6. The van der Waals surface area contributed by atoms with E-state index in [2.05, 4.69) is 20.8 Å². The van der Waals surface area contributed by atoms with Gasteiger partial charge in [0.05, 0.1) is 18.6 Å². The lowest BCUT2D eigenvalue weighted by Crippen LogP contribution is -2.14. The largest absolute Gasteiger partial charge is 0.495 e. The molecule has 7 nitrogen and oxygen atoms in total. The molecule has 1 heterocycles. The van der Waals surface area contributed by atoms with Crippen LogP contribution in [0.3, 0.4) is 0 Å². The molecule has 0 aliphatic rings. The van der Waals surface area contributed by atoms with Crippen molar-refractivity contribution in [1.82, 2.24) is 10.2 Å². The summed E-state index contributed by atoms with van der Waals surface area (Å²) in [5, 5.41) is 13.4. The molecule has 2 amide bonds. The minimum Gasteiger partial charge on any atom is -0.495 e. The summed E-state index contributed by atoms with van der Waals surface area (Å²) in [6.07, 6.45) is 0. The van der Waals surface area contributed by atoms with Crippen LogP contribution in [-0.4, -0.2) is 34.9 Å². The number of hydrogen-bond acceptors (Lipinski definition) is 7. The number of rotatable bonds is 6. The molecular weight excluding hydrogens is 324 g/mol. The summed E-state index contributed by atoms with van der Waals surface area (Å²) in [5.41, 5.74) is 0.617. The summed E-state index contributed by atoms with van der Waals surface area (Å²) in [5.74, 6) is 0.407. The predicted octanol–water partition coefficient (Wildman–Crippen LogP) is 2.24. The first-order valence-electron chi connectivity index (χ1n) is 6.25. The topological polar surface area (TPSA) is 93.2 Å². The molecule has 0 bridgehead atoms. The molecule has 2 N–H and O–H groups in total. The van der Waals surface area contributed by atoms with Crippen molar-refractivity contribution >= 4 is 45.7 Å². The summed E-state index contributed by atoms with van der Waals surface area (Å²) in [6.45, 7) is 1.40. The molecule has 0 aliphatic carbocycles. The number of methoxy groups -OCH3 is 1. The Morgan fingerprint density at radius 1 is 1.27 bits per heavy atom. The number of hydrogen-bond donors (Lipinski definition) is 2. The zero-order valence-electron chi connectivity index (χ0n) is 12.0. The highest BCUT2D eigenvalue weighted by molar-refractivity contribution is 8.01. The number of nitrogens with one attached hydrogen (secondary N) is 2. The van der Waals surface area contributed by atoms with E-state index in [-0.39, 0.29) is 17.6 Å². The lowest BCUT2D eigenvalue weighted by Gasteiger charge is -2.08. The number of thioether (sulfide) groups is 1. The zero-order chi connectivity index (χ0) is 15.9. The Morgan fingerprint density at radius 2 is 2.05 bits per heavy atom. The number of amides is 2. The van der Waals surface area contributed by atoms with Crippen molar-refractivity contribution in [3.05, 3.63) is 24.3 Å². The maximum Gasteiger partial charge on any atom is 0.234 e. The second kappa shape index (κ2) is 7.76. The number of carbonyl (C=O) groups is 2. The molecule has 0 fully saturated rings. The van der Waals surface area contributed by atoms with Crippen LogP contribution in [0.5, 0.6) is 5.75 Å².